The van der Waals surface area contributed by atoms with Gasteiger partial charge < -0.3 is 14.2 Å². The molecule has 0 unspecified atom stereocenters. The molecule has 1 aromatic heterocycles. The summed E-state index contributed by atoms with van der Waals surface area (Å²) in [6, 6.07) is 9.10. The number of phosphoric ester groups is 1. The molecule has 300 valence electrons. The van der Waals surface area contributed by atoms with Crippen molar-refractivity contribution in [2.45, 2.75) is 56.1 Å². The van der Waals surface area contributed by atoms with E-state index in [1.54, 1.807) is 45.1 Å². The number of carbonyl (C=O) groups excluding carboxylic acids is 1. The van der Waals surface area contributed by atoms with E-state index in [1.807, 2.05) is 6.07 Å². The van der Waals surface area contributed by atoms with Gasteiger partial charge in [0.1, 0.15) is 30.1 Å². The number of hydrogen-bond acceptors (Lipinski definition) is 12. The van der Waals surface area contributed by atoms with Crippen molar-refractivity contribution in [3.05, 3.63) is 127 Å². The van der Waals surface area contributed by atoms with Gasteiger partial charge in [-0.25, -0.2) is 27.4 Å². The average molecular weight is 817 g/mol. The third-order valence-electron chi connectivity index (χ3n) is 8.49. The molecule has 2 atom stereocenters. The Bertz CT molecular complexity index is 1930. The summed E-state index contributed by atoms with van der Waals surface area (Å²) in [5.41, 5.74) is -2.66. The first-order valence-electron chi connectivity index (χ1n) is 17.4. The van der Waals surface area contributed by atoms with Crippen LogP contribution >= 0.6 is 19.6 Å². The topological polar surface area (TPSA) is 144 Å². The number of esters is 1. The maximum atomic E-state index is 15.9. The Morgan fingerprint density at radius 2 is 1.80 bits per heavy atom. The first-order valence-corrected chi connectivity index (χ1v) is 19.8. The summed E-state index contributed by atoms with van der Waals surface area (Å²) in [4.78, 5) is 18.2. The van der Waals surface area contributed by atoms with Gasteiger partial charge in [0.15, 0.2) is 11.9 Å². The number of hydrogen-bond donors (Lipinski definition) is 0. The van der Waals surface area contributed by atoms with Gasteiger partial charge in [-0.15, -0.1) is 24.9 Å². The maximum Gasteiger partial charge on any atom is 0.475 e. The first kappa shape index (κ1) is 44.4. The summed E-state index contributed by atoms with van der Waals surface area (Å²) in [6.07, 6.45) is 11.1. The molecule has 1 aliphatic rings. The van der Waals surface area contributed by atoms with E-state index in [2.05, 4.69) is 23.2 Å². The Kier molecular flexibility index (Phi) is 16.4. The Labute approximate surface area is 328 Å². The zero-order valence-electron chi connectivity index (χ0n) is 31.2. The highest BCUT2D eigenvalue weighted by Crippen LogP contribution is 2.50. The smallest absolute Gasteiger partial charge is 0.450 e. The fraction of sp³-hybridized carbons (Fsp3) is 0.385. The van der Waals surface area contributed by atoms with Crippen LogP contribution in [0.15, 0.2) is 92.6 Å². The van der Waals surface area contributed by atoms with E-state index in [9.17, 15) is 18.1 Å². The molecule has 17 heteroatoms. The number of carbonyl (C=O) groups is 1. The second-order valence-corrected chi connectivity index (χ2v) is 16.4. The van der Waals surface area contributed by atoms with E-state index in [4.69, 9.17) is 33.0 Å². The molecule has 3 aromatic rings. The van der Waals surface area contributed by atoms with Crippen molar-refractivity contribution in [2.75, 3.05) is 33.0 Å². The Hall–Kier alpha value is -4.33. The first-order chi connectivity index (χ1) is 26.7. The van der Waals surface area contributed by atoms with Crippen LogP contribution in [-0.2, 0) is 49.3 Å². The Morgan fingerprint density at radius 1 is 1.09 bits per heavy atom. The zero-order valence-corrected chi connectivity index (χ0v) is 32.9. The molecule has 0 radical (unpaired) electrons. The predicted molar refractivity (Wildman–Crippen MR) is 204 cm³/mol. The van der Waals surface area contributed by atoms with Crippen molar-refractivity contribution >= 4 is 31.6 Å². The van der Waals surface area contributed by atoms with Gasteiger partial charge in [0.05, 0.1) is 61.9 Å². The standard InChI is InChI=1S/C39H44F3N4O8PS/c1-6-17-51-55(48,52-18-7-2)53-19-16-38(4,5)37(47)54-39(25-46-27-44-26-45-46,33-15-14-31(40)21-35(33)42)28(3)56-32-23-49-36(50-24-32)11-9-8-10-30-13-12-29(22-43)20-34(30)41/h6-15,20-21,26-28,32,36H,1-2,16-19,23-25H2,3-5H3/b10-8+,11-9+/t28-,32?,36?,39-/m1/s1. The molecule has 56 heavy (non-hydrogen) atoms. The molecule has 12 nitrogen and oxygen atoms in total. The van der Waals surface area contributed by atoms with Gasteiger partial charge >= 0.3 is 13.8 Å². The fourth-order valence-corrected chi connectivity index (χ4v) is 7.82. The molecule has 1 fully saturated rings. The summed E-state index contributed by atoms with van der Waals surface area (Å²) >= 11 is 1.32. The lowest BCUT2D eigenvalue weighted by Gasteiger charge is -2.42. The van der Waals surface area contributed by atoms with Crippen molar-refractivity contribution in [3.63, 3.8) is 0 Å². The Balaban J connectivity index is 1.52. The van der Waals surface area contributed by atoms with Crippen LogP contribution in [0.5, 0.6) is 0 Å². The van der Waals surface area contributed by atoms with E-state index in [-0.39, 0.29) is 62.4 Å². The molecule has 1 aliphatic heterocycles. The van der Waals surface area contributed by atoms with Gasteiger partial charge in [0, 0.05) is 22.4 Å². The number of phosphoric acid groups is 1. The normalized spacial score (nSPS) is 18.0. The molecule has 0 amide bonds. The molecular weight excluding hydrogens is 772 g/mol. The van der Waals surface area contributed by atoms with Crippen LogP contribution in [0.1, 0.15) is 43.9 Å². The van der Waals surface area contributed by atoms with Crippen LogP contribution in [0.4, 0.5) is 13.2 Å². The van der Waals surface area contributed by atoms with Crippen LogP contribution in [0.2, 0.25) is 0 Å². The molecule has 4 rings (SSSR count). The lowest BCUT2D eigenvalue weighted by Crippen LogP contribution is -2.49. The number of nitriles is 1. The van der Waals surface area contributed by atoms with Crippen molar-refractivity contribution in [2.24, 2.45) is 5.41 Å². The Morgan fingerprint density at radius 3 is 2.41 bits per heavy atom. The average Bonchev–Trinajstić information content (AvgIpc) is 3.68. The molecule has 0 bridgehead atoms. The van der Waals surface area contributed by atoms with Crippen molar-refractivity contribution in [1.29, 1.82) is 5.26 Å². The third kappa shape index (κ3) is 12.3. The van der Waals surface area contributed by atoms with E-state index < -0.39 is 53.8 Å². The second kappa shape index (κ2) is 20.7. The van der Waals surface area contributed by atoms with E-state index >= 15 is 4.39 Å². The number of rotatable bonds is 21. The number of nitrogens with zero attached hydrogens (tertiary/aromatic N) is 4. The van der Waals surface area contributed by atoms with E-state index in [0.717, 1.165) is 12.1 Å². The SMILES string of the molecule is C=CCOP(=O)(OCC=C)OCCC(C)(C)C(=O)O[C@@](Cn1cncn1)(c1ccc(F)cc1F)[C@@H](C)SC1COC(/C=C/C=C/c2ccc(C#N)cc2F)OC1. The number of aromatic nitrogens is 3. The van der Waals surface area contributed by atoms with Crippen LogP contribution in [0.3, 0.4) is 0 Å². The lowest BCUT2D eigenvalue weighted by atomic mass is 9.86. The predicted octanol–water partition coefficient (Wildman–Crippen LogP) is 8.08. The number of benzene rings is 2. The molecule has 0 N–H and O–H groups in total. The molecule has 0 spiro atoms. The number of allylic oxidation sites excluding steroid dienone is 2. The highest BCUT2D eigenvalue weighted by Gasteiger charge is 2.49. The van der Waals surface area contributed by atoms with Gasteiger partial charge in [-0.2, -0.15) is 10.4 Å². The molecule has 1 saturated heterocycles. The molecular formula is C39H44F3N4O8PS. The number of halogens is 3. The summed E-state index contributed by atoms with van der Waals surface area (Å²) in [5, 5.41) is 12.1. The van der Waals surface area contributed by atoms with Crippen molar-refractivity contribution < 1.29 is 50.3 Å². The highest BCUT2D eigenvalue weighted by atomic mass is 32.2. The van der Waals surface area contributed by atoms with Gasteiger partial charge in [-0.1, -0.05) is 36.4 Å². The minimum Gasteiger partial charge on any atom is -0.450 e. The van der Waals surface area contributed by atoms with Gasteiger partial charge in [0.2, 0.25) is 0 Å². The zero-order chi connectivity index (χ0) is 40.8. The van der Waals surface area contributed by atoms with Gasteiger partial charge in [-0.3, -0.25) is 18.4 Å². The van der Waals surface area contributed by atoms with Gasteiger partial charge in [0.25, 0.3) is 0 Å². The molecule has 0 aliphatic carbocycles. The van der Waals surface area contributed by atoms with Crippen molar-refractivity contribution in [1.82, 2.24) is 14.8 Å². The molecule has 2 aromatic carbocycles. The molecule has 2 heterocycles. The minimum atomic E-state index is -4.03. The molecule has 0 saturated carbocycles. The number of ether oxygens (including phenoxy) is 3. The summed E-state index contributed by atoms with van der Waals surface area (Å²) < 4.78 is 93.0. The van der Waals surface area contributed by atoms with Crippen molar-refractivity contribution in [3.8, 4) is 6.07 Å². The van der Waals surface area contributed by atoms with Crippen LogP contribution in [0, 0.1) is 34.2 Å². The van der Waals surface area contributed by atoms with Crippen LogP contribution < -0.4 is 0 Å². The fourth-order valence-electron chi connectivity index (χ4n) is 5.34. The lowest BCUT2D eigenvalue weighted by molar-refractivity contribution is -0.175. The highest BCUT2D eigenvalue weighted by molar-refractivity contribution is 8.00. The van der Waals surface area contributed by atoms with Crippen LogP contribution in [0.25, 0.3) is 6.08 Å². The maximum absolute atomic E-state index is 15.9. The third-order valence-corrected chi connectivity index (χ3v) is 11.4. The second-order valence-electron chi connectivity index (χ2n) is 13.1. The van der Waals surface area contributed by atoms with E-state index in [1.165, 1.54) is 59.4 Å². The largest absolute Gasteiger partial charge is 0.475 e. The monoisotopic (exact) mass is 816 g/mol. The number of thioether (sulfide) groups is 1. The van der Waals surface area contributed by atoms with Gasteiger partial charge in [-0.05, 0) is 57.5 Å². The summed E-state index contributed by atoms with van der Waals surface area (Å²) in [5.74, 6) is -3.05. The van der Waals surface area contributed by atoms with Crippen LogP contribution in [-0.4, -0.2) is 70.6 Å². The minimum absolute atomic E-state index is 0.0195. The van der Waals surface area contributed by atoms with E-state index in [0.29, 0.717) is 11.6 Å². The quantitative estimate of drug-likeness (QED) is 0.0444. The summed E-state index contributed by atoms with van der Waals surface area (Å²) in [6.45, 7) is 11.7. The summed E-state index contributed by atoms with van der Waals surface area (Å²) in [7, 11) is -4.03.